The van der Waals surface area contributed by atoms with E-state index in [-0.39, 0.29) is 11.6 Å². The molecule has 0 spiro atoms. The third-order valence-corrected chi connectivity index (χ3v) is 2.24. The Morgan fingerprint density at radius 2 is 1.89 bits per heavy atom. The molecule has 2 aromatic rings. The van der Waals surface area contributed by atoms with E-state index in [0.717, 1.165) is 0 Å². The molecule has 0 unspecified atom stereocenters. The first kappa shape index (κ1) is 11.6. The second-order valence-electron chi connectivity index (χ2n) is 3.47. The summed E-state index contributed by atoms with van der Waals surface area (Å²) in [6.45, 7) is 0. The van der Waals surface area contributed by atoms with Crippen molar-refractivity contribution in [1.82, 2.24) is 9.97 Å². The molecule has 1 aromatic heterocycles. The van der Waals surface area contributed by atoms with Crippen LogP contribution in [0.2, 0.25) is 0 Å². The standard InChI is InChI=1S/C11H8N2O5/c14-6-3-1-2-5(4-6)9-12-7(10(15)16)8(13-9)11(17)18/h1-4,14H,(H,12,13)(H,15,16)(H,17,18). The lowest BCUT2D eigenvalue weighted by Gasteiger charge is -1.96. The van der Waals surface area contributed by atoms with Crippen molar-refractivity contribution in [3.05, 3.63) is 35.7 Å². The average molecular weight is 248 g/mol. The number of phenolic OH excluding ortho intramolecular Hbond substituents is 1. The van der Waals surface area contributed by atoms with Crippen molar-refractivity contribution in [3.8, 4) is 17.1 Å². The van der Waals surface area contributed by atoms with Gasteiger partial charge in [-0.05, 0) is 12.1 Å². The monoisotopic (exact) mass is 248 g/mol. The zero-order valence-electron chi connectivity index (χ0n) is 8.91. The molecule has 7 nitrogen and oxygen atoms in total. The number of phenols is 1. The summed E-state index contributed by atoms with van der Waals surface area (Å²) in [5, 5.41) is 27.0. The van der Waals surface area contributed by atoms with E-state index in [1.54, 1.807) is 6.07 Å². The zero-order chi connectivity index (χ0) is 13.3. The van der Waals surface area contributed by atoms with E-state index in [2.05, 4.69) is 9.97 Å². The van der Waals surface area contributed by atoms with Crippen LogP contribution in [0.1, 0.15) is 21.0 Å². The van der Waals surface area contributed by atoms with Crippen LogP contribution in [0.25, 0.3) is 11.4 Å². The summed E-state index contributed by atoms with van der Waals surface area (Å²) in [6, 6.07) is 5.88. The fraction of sp³-hybridized carbons (Fsp3) is 0. The number of hydrogen-bond acceptors (Lipinski definition) is 4. The Kier molecular flexibility index (Phi) is 2.72. The van der Waals surface area contributed by atoms with Gasteiger partial charge in [0.05, 0.1) is 0 Å². The third-order valence-electron chi connectivity index (χ3n) is 2.24. The smallest absolute Gasteiger partial charge is 0.357 e. The highest BCUT2D eigenvalue weighted by molar-refractivity contribution is 5.99. The number of nitrogens with one attached hydrogen (secondary N) is 1. The number of carboxylic acid groups (broad SMARTS) is 2. The van der Waals surface area contributed by atoms with Gasteiger partial charge in [-0.15, -0.1) is 0 Å². The molecule has 0 amide bonds. The van der Waals surface area contributed by atoms with Crippen LogP contribution in [0.3, 0.4) is 0 Å². The molecule has 0 bridgehead atoms. The molecule has 1 aromatic carbocycles. The molecule has 0 fully saturated rings. The number of imidazole rings is 1. The number of aromatic nitrogens is 2. The van der Waals surface area contributed by atoms with E-state index in [1.165, 1.54) is 18.2 Å². The molecular weight excluding hydrogens is 240 g/mol. The second-order valence-corrected chi connectivity index (χ2v) is 3.47. The van der Waals surface area contributed by atoms with E-state index in [4.69, 9.17) is 10.2 Å². The highest BCUT2D eigenvalue weighted by Gasteiger charge is 2.22. The highest BCUT2D eigenvalue weighted by Crippen LogP contribution is 2.22. The number of hydrogen-bond donors (Lipinski definition) is 4. The molecule has 2 rings (SSSR count). The van der Waals surface area contributed by atoms with Gasteiger partial charge < -0.3 is 20.3 Å². The molecule has 0 aliphatic carbocycles. The number of H-pyrrole nitrogens is 1. The van der Waals surface area contributed by atoms with Crippen molar-refractivity contribution in [1.29, 1.82) is 0 Å². The van der Waals surface area contributed by atoms with Crippen LogP contribution in [0, 0.1) is 0 Å². The highest BCUT2D eigenvalue weighted by atomic mass is 16.4. The van der Waals surface area contributed by atoms with Crippen molar-refractivity contribution in [3.63, 3.8) is 0 Å². The minimum atomic E-state index is -1.44. The predicted molar refractivity (Wildman–Crippen MR) is 59.6 cm³/mol. The van der Waals surface area contributed by atoms with Crippen molar-refractivity contribution in [2.45, 2.75) is 0 Å². The molecule has 0 radical (unpaired) electrons. The number of aromatic carboxylic acids is 2. The molecule has 0 aliphatic heterocycles. The minimum Gasteiger partial charge on any atom is -0.508 e. The van der Waals surface area contributed by atoms with Crippen LogP contribution >= 0.6 is 0 Å². The van der Waals surface area contributed by atoms with Crippen molar-refractivity contribution >= 4 is 11.9 Å². The maximum Gasteiger partial charge on any atom is 0.357 e. The first-order valence-electron chi connectivity index (χ1n) is 4.85. The van der Waals surface area contributed by atoms with Crippen molar-refractivity contribution < 1.29 is 24.9 Å². The summed E-state index contributed by atoms with van der Waals surface area (Å²) in [5.74, 6) is -2.81. The summed E-state index contributed by atoms with van der Waals surface area (Å²) in [6.07, 6.45) is 0. The van der Waals surface area contributed by atoms with Gasteiger partial charge in [-0.1, -0.05) is 12.1 Å². The Morgan fingerprint density at radius 3 is 2.39 bits per heavy atom. The van der Waals surface area contributed by atoms with Crippen LogP contribution in [0.15, 0.2) is 24.3 Å². The zero-order valence-corrected chi connectivity index (χ0v) is 8.91. The summed E-state index contributed by atoms with van der Waals surface area (Å²) in [4.78, 5) is 27.8. The van der Waals surface area contributed by atoms with Crippen LogP contribution in [-0.4, -0.2) is 37.2 Å². The number of aromatic amines is 1. The molecule has 0 saturated carbocycles. The molecule has 4 N–H and O–H groups in total. The summed E-state index contributed by atoms with van der Waals surface area (Å²) >= 11 is 0. The number of aromatic hydroxyl groups is 1. The van der Waals surface area contributed by atoms with E-state index in [9.17, 15) is 14.7 Å². The van der Waals surface area contributed by atoms with E-state index < -0.39 is 23.3 Å². The van der Waals surface area contributed by atoms with E-state index in [1.807, 2.05) is 0 Å². The average Bonchev–Trinajstić information content (AvgIpc) is 2.73. The largest absolute Gasteiger partial charge is 0.508 e. The van der Waals surface area contributed by atoms with Crippen molar-refractivity contribution in [2.24, 2.45) is 0 Å². The van der Waals surface area contributed by atoms with Crippen LogP contribution in [0.5, 0.6) is 5.75 Å². The third kappa shape index (κ3) is 2.01. The quantitative estimate of drug-likeness (QED) is 0.646. The summed E-state index contributed by atoms with van der Waals surface area (Å²) in [7, 11) is 0. The maximum atomic E-state index is 10.9. The Hall–Kier alpha value is -2.83. The van der Waals surface area contributed by atoms with Gasteiger partial charge >= 0.3 is 11.9 Å². The number of nitrogens with zero attached hydrogens (tertiary/aromatic N) is 1. The molecule has 0 aliphatic rings. The number of rotatable bonds is 3. The summed E-state index contributed by atoms with van der Waals surface area (Å²) < 4.78 is 0. The van der Waals surface area contributed by atoms with Gasteiger partial charge in [0.15, 0.2) is 11.4 Å². The molecule has 0 atom stereocenters. The van der Waals surface area contributed by atoms with Gasteiger partial charge in [-0.3, -0.25) is 0 Å². The Balaban J connectivity index is 2.57. The van der Waals surface area contributed by atoms with Gasteiger partial charge in [0.1, 0.15) is 11.6 Å². The number of carboxylic acids is 2. The maximum absolute atomic E-state index is 10.9. The van der Waals surface area contributed by atoms with E-state index in [0.29, 0.717) is 5.56 Å². The first-order valence-corrected chi connectivity index (χ1v) is 4.85. The van der Waals surface area contributed by atoms with E-state index >= 15 is 0 Å². The number of benzene rings is 1. The van der Waals surface area contributed by atoms with Gasteiger partial charge in [0.25, 0.3) is 0 Å². The molecule has 1 heterocycles. The Labute approximate surface area is 100 Å². The van der Waals surface area contributed by atoms with Gasteiger partial charge in [0, 0.05) is 5.56 Å². The van der Waals surface area contributed by atoms with Gasteiger partial charge in [-0.2, -0.15) is 0 Å². The SMILES string of the molecule is O=C(O)c1nc(-c2cccc(O)c2)[nH]c1C(=O)O. The predicted octanol–water partition coefficient (Wildman–Crippen LogP) is 1.18. The van der Waals surface area contributed by atoms with Crippen molar-refractivity contribution in [2.75, 3.05) is 0 Å². The molecular formula is C11H8N2O5. The lowest BCUT2D eigenvalue weighted by atomic mass is 10.2. The normalized spacial score (nSPS) is 10.2. The lowest BCUT2D eigenvalue weighted by molar-refractivity contribution is 0.0644. The van der Waals surface area contributed by atoms with Gasteiger partial charge in [-0.25, -0.2) is 14.6 Å². The Bertz CT molecular complexity index is 601. The second kappa shape index (κ2) is 4.21. The molecule has 0 saturated heterocycles. The van der Waals surface area contributed by atoms with Gasteiger partial charge in [0.2, 0.25) is 0 Å². The summed E-state index contributed by atoms with van der Waals surface area (Å²) in [5.41, 5.74) is -0.674. The molecule has 18 heavy (non-hydrogen) atoms. The van der Waals surface area contributed by atoms with Crippen LogP contribution < -0.4 is 0 Å². The topological polar surface area (TPSA) is 124 Å². The van der Waals surface area contributed by atoms with Crippen LogP contribution in [-0.2, 0) is 0 Å². The lowest BCUT2D eigenvalue weighted by Crippen LogP contribution is -2.07. The first-order chi connectivity index (χ1) is 8.49. The fourth-order valence-electron chi connectivity index (χ4n) is 1.47. The Morgan fingerprint density at radius 1 is 1.17 bits per heavy atom. The fourth-order valence-corrected chi connectivity index (χ4v) is 1.47. The minimum absolute atomic E-state index is 0.0300. The molecule has 7 heteroatoms. The number of carbonyl (C=O) groups is 2. The van der Waals surface area contributed by atoms with Crippen LogP contribution in [0.4, 0.5) is 0 Å². The molecule has 92 valence electrons.